The number of benzene rings is 2. The zero-order valence-corrected chi connectivity index (χ0v) is 14.7. The average Bonchev–Trinajstić information content (AvgIpc) is 2.65. The minimum absolute atomic E-state index is 0.0364. The number of aryl methyl sites for hydroxylation is 1. The maximum absolute atomic E-state index is 12.2. The molecular weight excluding hydrogens is 320 g/mol. The molecule has 4 N–H and O–H groups in total. The van der Waals surface area contributed by atoms with Crippen LogP contribution >= 0.6 is 0 Å². The molecule has 0 radical (unpaired) electrons. The van der Waals surface area contributed by atoms with Crippen molar-refractivity contribution < 1.29 is 19.4 Å². The van der Waals surface area contributed by atoms with Crippen molar-refractivity contribution in [2.75, 3.05) is 20.8 Å². The van der Waals surface area contributed by atoms with E-state index in [4.69, 9.17) is 15.2 Å². The molecular formula is C19H24N2O4. The van der Waals surface area contributed by atoms with Gasteiger partial charge in [-0.25, -0.2) is 0 Å². The van der Waals surface area contributed by atoms with E-state index in [1.54, 1.807) is 18.2 Å². The first-order valence-electron chi connectivity index (χ1n) is 7.95. The van der Waals surface area contributed by atoms with E-state index in [9.17, 15) is 9.90 Å². The molecule has 0 saturated carbocycles. The van der Waals surface area contributed by atoms with Crippen molar-refractivity contribution in [2.24, 2.45) is 5.73 Å². The number of carbonyl (C=O) groups excluding carboxylic acids is 1. The summed E-state index contributed by atoms with van der Waals surface area (Å²) in [6, 6.07) is 11.8. The second kappa shape index (κ2) is 8.50. The maximum atomic E-state index is 12.2. The summed E-state index contributed by atoms with van der Waals surface area (Å²) >= 11 is 0. The second-order valence-corrected chi connectivity index (χ2v) is 5.80. The van der Waals surface area contributed by atoms with Crippen LogP contribution in [0.1, 0.15) is 28.8 Å². The second-order valence-electron chi connectivity index (χ2n) is 5.80. The first-order chi connectivity index (χ1) is 11.9. The van der Waals surface area contributed by atoms with Crippen molar-refractivity contribution in [3.05, 3.63) is 59.2 Å². The van der Waals surface area contributed by atoms with Crippen LogP contribution < -0.4 is 20.5 Å². The average molecular weight is 344 g/mol. The van der Waals surface area contributed by atoms with Crippen LogP contribution in [0.5, 0.6) is 11.5 Å². The highest BCUT2D eigenvalue weighted by atomic mass is 16.5. The summed E-state index contributed by atoms with van der Waals surface area (Å²) in [5, 5.41) is 13.0. The fourth-order valence-corrected chi connectivity index (χ4v) is 2.37. The van der Waals surface area contributed by atoms with E-state index in [2.05, 4.69) is 5.32 Å². The topological polar surface area (TPSA) is 93.8 Å². The van der Waals surface area contributed by atoms with E-state index in [-0.39, 0.29) is 12.5 Å². The number of aliphatic hydroxyl groups is 1. The Morgan fingerprint density at radius 2 is 1.64 bits per heavy atom. The number of hydrogen-bond acceptors (Lipinski definition) is 5. The first-order valence-corrected chi connectivity index (χ1v) is 7.95. The molecule has 1 amide bonds. The van der Waals surface area contributed by atoms with E-state index in [1.807, 2.05) is 31.2 Å². The highest BCUT2D eigenvalue weighted by Gasteiger charge is 2.18. The summed E-state index contributed by atoms with van der Waals surface area (Å²) in [7, 11) is 3.07. The van der Waals surface area contributed by atoms with Gasteiger partial charge in [0.25, 0.3) is 0 Å². The van der Waals surface area contributed by atoms with E-state index in [1.165, 1.54) is 14.2 Å². The van der Waals surface area contributed by atoms with E-state index in [0.717, 1.165) is 11.1 Å². The van der Waals surface area contributed by atoms with Crippen LogP contribution in [-0.2, 0) is 4.79 Å². The molecule has 0 spiro atoms. The number of carbonyl (C=O) groups is 1. The molecule has 0 saturated heterocycles. The highest BCUT2D eigenvalue weighted by Crippen LogP contribution is 2.26. The summed E-state index contributed by atoms with van der Waals surface area (Å²) in [6.45, 7) is 2.00. The third kappa shape index (κ3) is 4.95. The van der Waals surface area contributed by atoms with Gasteiger partial charge >= 0.3 is 0 Å². The van der Waals surface area contributed by atoms with Gasteiger partial charge in [-0.15, -0.1) is 0 Å². The van der Waals surface area contributed by atoms with Gasteiger partial charge in [-0.05, 0) is 30.2 Å². The normalized spacial score (nSPS) is 13.0. The third-order valence-corrected chi connectivity index (χ3v) is 3.95. The largest absolute Gasteiger partial charge is 0.497 e. The van der Waals surface area contributed by atoms with Crippen molar-refractivity contribution in [1.82, 2.24) is 5.32 Å². The number of rotatable bonds is 7. The van der Waals surface area contributed by atoms with Gasteiger partial charge in [-0.2, -0.15) is 0 Å². The lowest BCUT2D eigenvalue weighted by atomic mass is 10.0. The molecule has 2 atom stereocenters. The van der Waals surface area contributed by atoms with Gasteiger partial charge in [-0.1, -0.05) is 29.8 Å². The predicted octanol–water partition coefficient (Wildman–Crippen LogP) is 1.86. The molecule has 0 bridgehead atoms. The Morgan fingerprint density at radius 1 is 1.08 bits per heavy atom. The number of hydrogen-bond donors (Lipinski definition) is 3. The number of ether oxygens (including phenoxy) is 2. The van der Waals surface area contributed by atoms with Gasteiger partial charge in [0.1, 0.15) is 17.5 Å². The Bertz CT molecular complexity index is 694. The minimum atomic E-state index is -0.904. The van der Waals surface area contributed by atoms with Crippen molar-refractivity contribution in [2.45, 2.75) is 19.1 Å². The van der Waals surface area contributed by atoms with Crippen LogP contribution in [0.25, 0.3) is 0 Å². The molecule has 25 heavy (non-hydrogen) atoms. The molecule has 134 valence electrons. The summed E-state index contributed by atoms with van der Waals surface area (Å²) < 4.78 is 10.4. The van der Waals surface area contributed by atoms with Crippen LogP contribution in [0, 0.1) is 6.92 Å². The first kappa shape index (κ1) is 18.8. The Hall–Kier alpha value is -2.57. The standard InChI is InChI=1S/C19H24N2O4/c1-12-4-6-13(7-5-12)18(20)19(23)21-11-17(22)14-8-15(24-2)10-16(9-14)25-3/h4-10,17-18,22H,11,20H2,1-3H3,(H,21,23). The summed E-state index contributed by atoms with van der Waals surface area (Å²) in [6.07, 6.45) is -0.904. The van der Waals surface area contributed by atoms with Crippen molar-refractivity contribution >= 4 is 5.91 Å². The lowest BCUT2D eigenvalue weighted by Crippen LogP contribution is -2.36. The third-order valence-electron chi connectivity index (χ3n) is 3.95. The fourth-order valence-electron chi connectivity index (χ4n) is 2.37. The quantitative estimate of drug-likeness (QED) is 0.713. The lowest BCUT2D eigenvalue weighted by molar-refractivity contribution is -0.122. The molecule has 6 heteroatoms. The lowest BCUT2D eigenvalue weighted by Gasteiger charge is -2.17. The van der Waals surface area contributed by atoms with E-state index < -0.39 is 12.1 Å². The van der Waals surface area contributed by atoms with Crippen LogP contribution in [0.15, 0.2) is 42.5 Å². The molecule has 0 aliphatic carbocycles. The molecule has 0 aliphatic heterocycles. The van der Waals surface area contributed by atoms with Crippen molar-refractivity contribution in [1.29, 1.82) is 0 Å². The van der Waals surface area contributed by atoms with Gasteiger partial charge < -0.3 is 25.6 Å². The van der Waals surface area contributed by atoms with Crippen LogP contribution in [0.4, 0.5) is 0 Å². The fraction of sp³-hybridized carbons (Fsp3) is 0.316. The molecule has 0 heterocycles. The van der Waals surface area contributed by atoms with Crippen molar-refractivity contribution in [3.63, 3.8) is 0 Å². The van der Waals surface area contributed by atoms with Gasteiger partial charge in [0.15, 0.2) is 0 Å². The number of methoxy groups -OCH3 is 2. The monoisotopic (exact) mass is 344 g/mol. The molecule has 0 fully saturated rings. The molecule has 0 aromatic heterocycles. The number of nitrogens with two attached hydrogens (primary N) is 1. The summed E-state index contributed by atoms with van der Waals surface area (Å²) in [5.41, 5.74) is 8.37. The number of amides is 1. The molecule has 0 aliphatic rings. The summed E-state index contributed by atoms with van der Waals surface area (Å²) in [5.74, 6) is 0.782. The molecule has 2 unspecified atom stereocenters. The minimum Gasteiger partial charge on any atom is -0.497 e. The Morgan fingerprint density at radius 3 is 2.16 bits per heavy atom. The SMILES string of the molecule is COc1cc(OC)cc(C(O)CNC(=O)C(N)c2ccc(C)cc2)c1. The van der Waals surface area contributed by atoms with Crippen LogP contribution in [-0.4, -0.2) is 31.8 Å². The molecule has 6 nitrogen and oxygen atoms in total. The van der Waals surface area contributed by atoms with E-state index >= 15 is 0 Å². The van der Waals surface area contributed by atoms with Crippen LogP contribution in [0.3, 0.4) is 0 Å². The zero-order chi connectivity index (χ0) is 18.4. The Balaban J connectivity index is 2.00. The molecule has 2 aromatic rings. The Labute approximate surface area is 147 Å². The highest BCUT2D eigenvalue weighted by molar-refractivity contribution is 5.82. The van der Waals surface area contributed by atoms with Gasteiger partial charge in [0.2, 0.25) is 5.91 Å². The van der Waals surface area contributed by atoms with E-state index in [0.29, 0.717) is 17.1 Å². The smallest absolute Gasteiger partial charge is 0.241 e. The van der Waals surface area contributed by atoms with Crippen molar-refractivity contribution in [3.8, 4) is 11.5 Å². The Kier molecular flexibility index (Phi) is 6.38. The predicted molar refractivity (Wildman–Crippen MR) is 95.6 cm³/mol. The van der Waals surface area contributed by atoms with Gasteiger partial charge in [-0.3, -0.25) is 4.79 Å². The van der Waals surface area contributed by atoms with Gasteiger partial charge in [0.05, 0.1) is 20.3 Å². The molecule has 2 aromatic carbocycles. The molecule has 2 rings (SSSR count). The number of nitrogens with one attached hydrogen (secondary N) is 1. The maximum Gasteiger partial charge on any atom is 0.241 e. The summed E-state index contributed by atoms with van der Waals surface area (Å²) in [4.78, 5) is 12.2. The van der Waals surface area contributed by atoms with Crippen LogP contribution in [0.2, 0.25) is 0 Å². The van der Waals surface area contributed by atoms with Gasteiger partial charge in [0, 0.05) is 12.6 Å². The zero-order valence-electron chi connectivity index (χ0n) is 14.7. The number of aliphatic hydroxyl groups excluding tert-OH is 1.